The fraction of sp³-hybridized carbons (Fsp3) is 0.364. The number of nitrogens with two attached hydrogens (primary N) is 1. The van der Waals surface area contributed by atoms with Crippen molar-refractivity contribution in [3.63, 3.8) is 0 Å². The summed E-state index contributed by atoms with van der Waals surface area (Å²) in [7, 11) is 0. The number of rotatable bonds is 3. The highest BCUT2D eigenvalue weighted by molar-refractivity contribution is 5.83. The zero-order chi connectivity index (χ0) is 11.4. The maximum absolute atomic E-state index is 11.8. The van der Waals surface area contributed by atoms with Crippen molar-refractivity contribution < 1.29 is 4.79 Å². The number of hydrogen-bond donors (Lipinski definition) is 4. The molecule has 0 aliphatic carbocycles. The summed E-state index contributed by atoms with van der Waals surface area (Å²) in [6, 6.07) is 8.88. The molecule has 1 aromatic rings. The molecular formula is C11H16N4O. The number of nitrogens with one attached hydrogen (secondary N) is 3. The Morgan fingerprint density at radius 1 is 1.31 bits per heavy atom. The van der Waals surface area contributed by atoms with E-state index >= 15 is 0 Å². The molecule has 1 saturated heterocycles. The largest absolute Gasteiger partial charge is 0.349 e. The molecule has 0 spiro atoms. The van der Waals surface area contributed by atoms with Crippen LogP contribution >= 0.6 is 0 Å². The number of hydrogen-bond acceptors (Lipinski definition) is 4. The van der Waals surface area contributed by atoms with E-state index in [1.165, 1.54) is 0 Å². The predicted octanol–water partition coefficient (Wildman–Crippen LogP) is -0.721. The summed E-state index contributed by atoms with van der Waals surface area (Å²) in [5.41, 5.74) is 12.6. The van der Waals surface area contributed by atoms with E-state index in [9.17, 15) is 4.79 Å². The molecule has 1 fully saturated rings. The summed E-state index contributed by atoms with van der Waals surface area (Å²) in [5.74, 6) is -0.137. The molecule has 1 aliphatic rings. The summed E-state index contributed by atoms with van der Waals surface area (Å²) in [5, 5.41) is 2.89. The zero-order valence-electron chi connectivity index (χ0n) is 8.94. The van der Waals surface area contributed by atoms with Crippen LogP contribution < -0.4 is 21.9 Å². The SMILES string of the molecule is NC(C(=O)NC1CNNC1)c1ccccc1. The Kier molecular flexibility index (Phi) is 3.51. The second-order valence-electron chi connectivity index (χ2n) is 3.86. The topological polar surface area (TPSA) is 79.2 Å². The number of carbonyl (C=O) groups excluding carboxylic acids is 1. The fourth-order valence-corrected chi connectivity index (χ4v) is 1.67. The van der Waals surface area contributed by atoms with Gasteiger partial charge >= 0.3 is 0 Å². The highest BCUT2D eigenvalue weighted by atomic mass is 16.2. The fourth-order valence-electron chi connectivity index (χ4n) is 1.67. The first-order chi connectivity index (χ1) is 7.77. The van der Waals surface area contributed by atoms with Crippen molar-refractivity contribution in [1.82, 2.24) is 16.2 Å². The molecular weight excluding hydrogens is 204 g/mol. The second-order valence-corrected chi connectivity index (χ2v) is 3.86. The first kappa shape index (κ1) is 11.1. The number of benzene rings is 1. The molecule has 1 aliphatic heterocycles. The van der Waals surface area contributed by atoms with Crippen molar-refractivity contribution in [2.24, 2.45) is 5.73 Å². The molecule has 0 saturated carbocycles. The maximum atomic E-state index is 11.8. The van der Waals surface area contributed by atoms with E-state index in [0.29, 0.717) is 0 Å². The minimum atomic E-state index is -0.596. The molecule has 16 heavy (non-hydrogen) atoms. The predicted molar refractivity (Wildman–Crippen MR) is 61.3 cm³/mol. The van der Waals surface area contributed by atoms with Gasteiger partial charge in [0.15, 0.2) is 0 Å². The third kappa shape index (κ3) is 2.57. The Labute approximate surface area is 94.4 Å². The van der Waals surface area contributed by atoms with Crippen molar-refractivity contribution in [3.05, 3.63) is 35.9 Å². The third-order valence-corrected chi connectivity index (χ3v) is 2.61. The Morgan fingerprint density at radius 2 is 1.94 bits per heavy atom. The molecule has 0 radical (unpaired) electrons. The Balaban J connectivity index is 1.94. The number of hydrazine groups is 1. The molecule has 1 amide bonds. The average molecular weight is 220 g/mol. The minimum Gasteiger partial charge on any atom is -0.349 e. The Hall–Kier alpha value is -1.43. The smallest absolute Gasteiger partial charge is 0.241 e. The lowest BCUT2D eigenvalue weighted by Gasteiger charge is -2.15. The van der Waals surface area contributed by atoms with Gasteiger partial charge in [0.25, 0.3) is 0 Å². The van der Waals surface area contributed by atoms with Gasteiger partial charge in [0.2, 0.25) is 5.91 Å². The van der Waals surface area contributed by atoms with Crippen LogP contribution in [0.25, 0.3) is 0 Å². The van der Waals surface area contributed by atoms with E-state index in [-0.39, 0.29) is 11.9 Å². The summed E-state index contributed by atoms with van der Waals surface area (Å²) < 4.78 is 0. The summed E-state index contributed by atoms with van der Waals surface area (Å²) in [6.45, 7) is 1.46. The van der Waals surface area contributed by atoms with Gasteiger partial charge in [-0.2, -0.15) is 0 Å². The summed E-state index contributed by atoms with van der Waals surface area (Å²) >= 11 is 0. The maximum Gasteiger partial charge on any atom is 0.241 e. The van der Waals surface area contributed by atoms with E-state index in [2.05, 4.69) is 16.2 Å². The summed E-state index contributed by atoms with van der Waals surface area (Å²) in [6.07, 6.45) is 0. The van der Waals surface area contributed by atoms with Gasteiger partial charge in [-0.05, 0) is 5.56 Å². The van der Waals surface area contributed by atoms with E-state index < -0.39 is 6.04 Å². The van der Waals surface area contributed by atoms with Gasteiger partial charge in [-0.15, -0.1) is 0 Å². The quantitative estimate of drug-likeness (QED) is 0.542. The number of carbonyl (C=O) groups is 1. The van der Waals surface area contributed by atoms with E-state index in [1.54, 1.807) is 0 Å². The van der Waals surface area contributed by atoms with Crippen LogP contribution in [0.15, 0.2) is 30.3 Å². The van der Waals surface area contributed by atoms with Crippen molar-refractivity contribution in [1.29, 1.82) is 0 Å². The van der Waals surface area contributed by atoms with Crippen LogP contribution in [-0.2, 0) is 4.79 Å². The van der Waals surface area contributed by atoms with Gasteiger partial charge in [0.1, 0.15) is 6.04 Å². The van der Waals surface area contributed by atoms with E-state index in [0.717, 1.165) is 18.7 Å². The average Bonchev–Trinajstić information content (AvgIpc) is 2.82. The lowest BCUT2D eigenvalue weighted by Crippen LogP contribution is -2.43. The third-order valence-electron chi connectivity index (χ3n) is 2.61. The lowest BCUT2D eigenvalue weighted by molar-refractivity contribution is -0.123. The first-order valence-electron chi connectivity index (χ1n) is 5.34. The van der Waals surface area contributed by atoms with Crippen LogP contribution in [0.1, 0.15) is 11.6 Å². The monoisotopic (exact) mass is 220 g/mol. The highest BCUT2D eigenvalue weighted by Gasteiger charge is 2.21. The van der Waals surface area contributed by atoms with Gasteiger partial charge in [-0.3, -0.25) is 15.6 Å². The molecule has 0 aromatic heterocycles. The normalized spacial score (nSPS) is 18.3. The molecule has 1 unspecified atom stereocenters. The molecule has 86 valence electrons. The van der Waals surface area contributed by atoms with Gasteiger partial charge in [-0.1, -0.05) is 30.3 Å². The molecule has 5 nitrogen and oxygen atoms in total. The zero-order valence-corrected chi connectivity index (χ0v) is 8.94. The highest BCUT2D eigenvalue weighted by Crippen LogP contribution is 2.09. The van der Waals surface area contributed by atoms with E-state index in [1.807, 2.05) is 30.3 Å². The standard InChI is InChI=1S/C11H16N4O/c12-10(8-4-2-1-3-5-8)11(16)15-9-6-13-14-7-9/h1-5,9-10,13-14H,6-7,12H2,(H,15,16). The molecule has 1 aromatic carbocycles. The molecule has 5 heteroatoms. The van der Waals surface area contributed by atoms with Crippen molar-refractivity contribution in [2.45, 2.75) is 12.1 Å². The van der Waals surface area contributed by atoms with Crippen LogP contribution in [-0.4, -0.2) is 25.0 Å². The molecule has 1 atom stereocenters. The van der Waals surface area contributed by atoms with Crippen LogP contribution in [0.3, 0.4) is 0 Å². The summed E-state index contributed by atoms with van der Waals surface area (Å²) in [4.78, 5) is 11.8. The molecule has 5 N–H and O–H groups in total. The van der Waals surface area contributed by atoms with Gasteiger partial charge in [-0.25, -0.2) is 0 Å². The molecule has 2 rings (SSSR count). The molecule has 0 bridgehead atoms. The molecule has 1 heterocycles. The minimum absolute atomic E-state index is 0.113. The van der Waals surface area contributed by atoms with Gasteiger partial charge in [0, 0.05) is 13.1 Å². The van der Waals surface area contributed by atoms with Gasteiger partial charge < -0.3 is 11.1 Å². The Morgan fingerprint density at radius 3 is 2.56 bits per heavy atom. The second kappa shape index (κ2) is 5.07. The van der Waals surface area contributed by atoms with Crippen LogP contribution in [0, 0.1) is 0 Å². The Bertz CT molecular complexity index is 348. The van der Waals surface area contributed by atoms with Crippen molar-refractivity contribution in [2.75, 3.05) is 13.1 Å². The van der Waals surface area contributed by atoms with E-state index in [4.69, 9.17) is 5.73 Å². The number of amides is 1. The van der Waals surface area contributed by atoms with Gasteiger partial charge in [0.05, 0.1) is 6.04 Å². The van der Waals surface area contributed by atoms with Crippen molar-refractivity contribution >= 4 is 5.91 Å². The first-order valence-corrected chi connectivity index (χ1v) is 5.34. The lowest BCUT2D eigenvalue weighted by atomic mass is 10.1. The van der Waals surface area contributed by atoms with Crippen LogP contribution in [0.4, 0.5) is 0 Å². The van der Waals surface area contributed by atoms with Crippen molar-refractivity contribution in [3.8, 4) is 0 Å². The van der Waals surface area contributed by atoms with Crippen LogP contribution in [0.5, 0.6) is 0 Å². The van der Waals surface area contributed by atoms with Crippen LogP contribution in [0.2, 0.25) is 0 Å².